The molecule has 0 saturated heterocycles. The summed E-state index contributed by atoms with van der Waals surface area (Å²) in [5, 5.41) is 2.56. The maximum atomic E-state index is 14.5. The van der Waals surface area contributed by atoms with Crippen LogP contribution in [0.25, 0.3) is 0 Å². The van der Waals surface area contributed by atoms with Crippen LogP contribution >= 0.6 is 0 Å². The van der Waals surface area contributed by atoms with Gasteiger partial charge in [0.15, 0.2) is 0 Å². The van der Waals surface area contributed by atoms with E-state index in [4.69, 9.17) is 0 Å². The van der Waals surface area contributed by atoms with Crippen molar-refractivity contribution in [3.63, 3.8) is 0 Å². The van der Waals surface area contributed by atoms with E-state index in [2.05, 4.69) is 10.3 Å². The molecule has 3 aromatic carbocycles. The van der Waals surface area contributed by atoms with Gasteiger partial charge in [0.2, 0.25) is 15.9 Å². The smallest absolute Gasteiger partial charge is 0.351 e. The zero-order chi connectivity index (χ0) is 33.0. The Labute approximate surface area is 258 Å². The molecule has 15 heteroatoms. The zero-order valence-electron chi connectivity index (χ0n) is 23.9. The van der Waals surface area contributed by atoms with Crippen molar-refractivity contribution >= 4 is 37.5 Å². The summed E-state index contributed by atoms with van der Waals surface area (Å²) in [6, 6.07) is 20.6. The molecule has 45 heavy (non-hydrogen) atoms. The highest BCUT2D eigenvalue weighted by atomic mass is 32.2. The summed E-state index contributed by atoms with van der Waals surface area (Å²) in [5.41, 5.74) is -1.02. The van der Waals surface area contributed by atoms with E-state index < -0.39 is 61.9 Å². The number of benzene rings is 3. The second kappa shape index (κ2) is 13.2. The minimum Gasteiger partial charge on any atom is -0.351 e. The van der Waals surface area contributed by atoms with Gasteiger partial charge in [0.1, 0.15) is 17.3 Å². The number of pyridine rings is 1. The fourth-order valence-electron chi connectivity index (χ4n) is 4.30. The average Bonchev–Trinajstić information content (AvgIpc) is 2.99. The first-order valence-electron chi connectivity index (χ1n) is 13.3. The second-order valence-electron chi connectivity index (χ2n) is 10.0. The van der Waals surface area contributed by atoms with E-state index >= 15 is 0 Å². The van der Waals surface area contributed by atoms with E-state index in [-0.39, 0.29) is 28.3 Å². The van der Waals surface area contributed by atoms with Crippen LogP contribution in [-0.2, 0) is 44.1 Å². The van der Waals surface area contributed by atoms with Crippen molar-refractivity contribution < 1.29 is 39.2 Å². The molecule has 2 N–H and O–H groups in total. The third-order valence-corrected chi connectivity index (χ3v) is 8.96. The van der Waals surface area contributed by atoms with E-state index in [1.165, 1.54) is 37.3 Å². The van der Waals surface area contributed by atoms with E-state index in [0.29, 0.717) is 11.6 Å². The van der Waals surface area contributed by atoms with Crippen LogP contribution in [0, 0.1) is 5.82 Å². The van der Waals surface area contributed by atoms with Gasteiger partial charge < -0.3 is 5.32 Å². The molecule has 9 nitrogen and oxygen atoms in total. The van der Waals surface area contributed by atoms with Crippen molar-refractivity contribution in [2.75, 3.05) is 15.3 Å². The molecule has 4 aromatic rings. The summed E-state index contributed by atoms with van der Waals surface area (Å²) >= 11 is 0. The molecule has 0 aliphatic carbocycles. The highest BCUT2D eigenvalue weighted by Crippen LogP contribution is 2.34. The molecule has 1 amide bonds. The van der Waals surface area contributed by atoms with Crippen molar-refractivity contribution in [1.29, 1.82) is 0 Å². The van der Waals surface area contributed by atoms with E-state index in [0.717, 1.165) is 28.8 Å². The quantitative estimate of drug-likeness (QED) is 0.206. The highest BCUT2D eigenvalue weighted by molar-refractivity contribution is 7.92. The molecule has 0 fully saturated rings. The minimum atomic E-state index is -4.90. The number of hydrogen-bond donors (Lipinski definition) is 2. The number of hydrogen-bond acceptors (Lipinski definition) is 6. The summed E-state index contributed by atoms with van der Waals surface area (Å²) in [7, 11) is -8.21. The molecule has 0 saturated carbocycles. The van der Waals surface area contributed by atoms with E-state index in [1.54, 1.807) is 36.4 Å². The van der Waals surface area contributed by atoms with Crippen molar-refractivity contribution in [2.24, 2.45) is 0 Å². The lowest BCUT2D eigenvalue weighted by Gasteiger charge is -2.27. The number of carbonyl (C=O) groups excluding carboxylic acids is 1. The van der Waals surface area contributed by atoms with Crippen LogP contribution in [0.2, 0.25) is 0 Å². The fourth-order valence-corrected chi connectivity index (χ4v) is 6.33. The van der Waals surface area contributed by atoms with Gasteiger partial charge in [0.05, 0.1) is 29.3 Å². The minimum absolute atomic E-state index is 0.0298. The van der Waals surface area contributed by atoms with Crippen molar-refractivity contribution in [1.82, 2.24) is 10.3 Å². The summed E-state index contributed by atoms with van der Waals surface area (Å²) in [4.78, 5) is 16.6. The molecule has 0 aliphatic rings. The first kappa shape index (κ1) is 33.4. The molecule has 0 aliphatic heterocycles. The van der Waals surface area contributed by atoms with Gasteiger partial charge in [-0.25, -0.2) is 30.5 Å². The van der Waals surface area contributed by atoms with Crippen LogP contribution in [0.5, 0.6) is 0 Å². The number of halogens is 4. The number of sulfonamides is 2. The number of aromatic nitrogens is 1. The van der Waals surface area contributed by atoms with Gasteiger partial charge in [0, 0.05) is 12.1 Å². The standard InChI is InChI=1S/C30H28F4N4O5S2/c1-20(22-13-15-26(25(31)17-22)37-44(2,40)41)29(39)35-18-23-14-16-27(30(32,33)34)36-28(23)38(19-21-9-5-3-6-10-21)45(42,43)24-11-7-4-8-12-24/h3-17,20,37H,18-19H2,1-2H3,(H,35,39)/t20-/m0/s1. The summed E-state index contributed by atoms with van der Waals surface area (Å²) in [6.07, 6.45) is -4.05. The van der Waals surface area contributed by atoms with Gasteiger partial charge in [-0.05, 0) is 48.4 Å². The Balaban J connectivity index is 1.70. The molecule has 0 bridgehead atoms. The van der Waals surface area contributed by atoms with E-state index in [9.17, 15) is 39.2 Å². The molecule has 1 heterocycles. The molecule has 1 aromatic heterocycles. The van der Waals surface area contributed by atoms with Crippen LogP contribution in [-0.4, -0.2) is 34.0 Å². The summed E-state index contributed by atoms with van der Waals surface area (Å²) < 4.78 is 109. The largest absolute Gasteiger partial charge is 0.433 e. The maximum absolute atomic E-state index is 14.5. The molecular formula is C30H28F4N4O5S2. The number of amides is 1. The van der Waals surface area contributed by atoms with Gasteiger partial charge in [-0.3, -0.25) is 9.52 Å². The molecule has 1 atom stereocenters. The fraction of sp³-hybridized carbons (Fsp3) is 0.200. The van der Waals surface area contributed by atoms with Crippen LogP contribution in [0.4, 0.5) is 29.1 Å². The third kappa shape index (κ3) is 8.36. The molecule has 4 rings (SSSR count). The SMILES string of the molecule is C[C@H](C(=O)NCc1ccc(C(F)(F)F)nc1N(Cc1ccccc1)S(=O)(=O)c1ccccc1)c1ccc(NS(C)(=O)=O)c(F)c1. The van der Waals surface area contributed by atoms with Gasteiger partial charge >= 0.3 is 6.18 Å². The molecule has 0 unspecified atom stereocenters. The molecule has 0 radical (unpaired) electrons. The van der Waals surface area contributed by atoms with Crippen LogP contribution in [0.3, 0.4) is 0 Å². The zero-order valence-corrected chi connectivity index (χ0v) is 25.5. The topological polar surface area (TPSA) is 126 Å². The van der Waals surface area contributed by atoms with Crippen molar-refractivity contribution in [3.05, 3.63) is 119 Å². The number of nitrogens with zero attached hydrogens (tertiary/aromatic N) is 2. The van der Waals surface area contributed by atoms with Crippen molar-refractivity contribution in [2.45, 2.75) is 37.0 Å². The van der Waals surface area contributed by atoms with E-state index in [1.807, 2.05) is 4.72 Å². The first-order valence-corrected chi connectivity index (χ1v) is 16.6. The lowest BCUT2D eigenvalue weighted by molar-refractivity contribution is -0.141. The Kier molecular flexibility index (Phi) is 9.83. The summed E-state index contributed by atoms with van der Waals surface area (Å²) in [5.74, 6) is -3.10. The van der Waals surface area contributed by atoms with Crippen LogP contribution < -0.4 is 14.3 Å². The number of alkyl halides is 3. The third-order valence-electron chi connectivity index (χ3n) is 6.62. The van der Waals surface area contributed by atoms with Gasteiger partial charge in [-0.15, -0.1) is 0 Å². The van der Waals surface area contributed by atoms with Crippen LogP contribution in [0.1, 0.15) is 35.2 Å². The molecular weight excluding hydrogens is 636 g/mol. The van der Waals surface area contributed by atoms with Gasteiger partial charge in [-0.1, -0.05) is 60.7 Å². The number of nitrogens with one attached hydrogen (secondary N) is 2. The van der Waals surface area contributed by atoms with Crippen LogP contribution in [0.15, 0.2) is 95.9 Å². The average molecular weight is 665 g/mol. The van der Waals surface area contributed by atoms with Gasteiger partial charge in [0.25, 0.3) is 10.0 Å². The predicted molar refractivity (Wildman–Crippen MR) is 161 cm³/mol. The highest BCUT2D eigenvalue weighted by Gasteiger charge is 2.36. The van der Waals surface area contributed by atoms with Gasteiger partial charge in [-0.2, -0.15) is 13.2 Å². The Hall–Kier alpha value is -4.50. The molecule has 238 valence electrons. The predicted octanol–water partition coefficient (Wildman–Crippen LogP) is 5.43. The lowest BCUT2D eigenvalue weighted by atomic mass is 9.99. The Bertz CT molecular complexity index is 1890. The first-order chi connectivity index (χ1) is 21.1. The lowest BCUT2D eigenvalue weighted by Crippen LogP contribution is -2.34. The second-order valence-corrected chi connectivity index (χ2v) is 13.7. The Morgan fingerprint density at radius 2 is 1.53 bits per heavy atom. The monoisotopic (exact) mass is 664 g/mol. The van der Waals surface area contributed by atoms with Crippen molar-refractivity contribution in [3.8, 4) is 0 Å². The number of anilines is 2. The maximum Gasteiger partial charge on any atom is 0.433 e. The number of rotatable bonds is 11. The Morgan fingerprint density at radius 1 is 0.911 bits per heavy atom. The number of carbonyl (C=O) groups is 1. The molecule has 0 spiro atoms. The summed E-state index contributed by atoms with van der Waals surface area (Å²) in [6.45, 7) is 0.660. The Morgan fingerprint density at radius 3 is 2.11 bits per heavy atom. The normalized spacial score (nSPS) is 12.8.